The summed E-state index contributed by atoms with van der Waals surface area (Å²) in [6.07, 6.45) is 1.85. The number of pyridine rings is 1. The van der Waals surface area contributed by atoms with Crippen LogP contribution in [0.25, 0.3) is 0 Å². The zero-order chi connectivity index (χ0) is 16.5. The van der Waals surface area contributed by atoms with E-state index in [1.54, 1.807) is 0 Å². The van der Waals surface area contributed by atoms with Crippen LogP contribution in [0, 0.1) is 5.92 Å². The van der Waals surface area contributed by atoms with E-state index in [-0.39, 0.29) is 0 Å². The van der Waals surface area contributed by atoms with Crippen molar-refractivity contribution in [2.24, 2.45) is 10.9 Å². The van der Waals surface area contributed by atoms with Gasteiger partial charge in [0, 0.05) is 52.6 Å². The van der Waals surface area contributed by atoms with Gasteiger partial charge in [-0.15, -0.1) is 0 Å². The maximum absolute atomic E-state index is 5.60. The van der Waals surface area contributed by atoms with Gasteiger partial charge in [-0.2, -0.15) is 0 Å². The molecular formula is C17H29N5O. The van der Waals surface area contributed by atoms with Crippen LogP contribution in [0.4, 0.5) is 5.82 Å². The molecule has 0 bridgehead atoms. The van der Waals surface area contributed by atoms with Gasteiger partial charge in [0.05, 0.1) is 6.61 Å². The van der Waals surface area contributed by atoms with Crippen LogP contribution >= 0.6 is 0 Å². The third-order valence-corrected chi connectivity index (χ3v) is 3.74. The molecule has 1 aromatic heterocycles. The highest BCUT2D eigenvalue weighted by atomic mass is 16.5. The minimum atomic E-state index is 0.578. The standard InChI is InChI=1S/C17H29N5O/c1-15(2)14-23-13-8-20-17(18-3)22-11-9-21(10-12-22)16-6-4-5-7-19-16/h4-7,15H,8-14H2,1-3H3,(H,18,20). The second-order valence-electron chi connectivity index (χ2n) is 6.10. The summed E-state index contributed by atoms with van der Waals surface area (Å²) in [6.45, 7) is 10.4. The molecule has 1 aromatic rings. The van der Waals surface area contributed by atoms with E-state index in [4.69, 9.17) is 4.74 Å². The molecule has 1 aliphatic heterocycles. The molecule has 128 valence electrons. The number of aromatic nitrogens is 1. The predicted molar refractivity (Wildman–Crippen MR) is 95.0 cm³/mol. The maximum atomic E-state index is 5.60. The molecule has 1 aliphatic rings. The van der Waals surface area contributed by atoms with Crippen molar-refractivity contribution in [1.29, 1.82) is 0 Å². The van der Waals surface area contributed by atoms with Gasteiger partial charge in [0.15, 0.2) is 5.96 Å². The van der Waals surface area contributed by atoms with Crippen molar-refractivity contribution < 1.29 is 4.74 Å². The highest BCUT2D eigenvalue weighted by molar-refractivity contribution is 5.80. The quantitative estimate of drug-likeness (QED) is 0.489. The van der Waals surface area contributed by atoms with Crippen LogP contribution in [0.5, 0.6) is 0 Å². The Morgan fingerprint density at radius 1 is 1.30 bits per heavy atom. The largest absolute Gasteiger partial charge is 0.379 e. The van der Waals surface area contributed by atoms with Gasteiger partial charge < -0.3 is 19.9 Å². The molecule has 1 saturated heterocycles. The zero-order valence-electron chi connectivity index (χ0n) is 14.5. The predicted octanol–water partition coefficient (Wildman–Crippen LogP) is 1.45. The number of aliphatic imine (C=N–C) groups is 1. The van der Waals surface area contributed by atoms with Crippen molar-refractivity contribution >= 4 is 11.8 Å². The van der Waals surface area contributed by atoms with E-state index in [1.165, 1.54) is 0 Å². The molecule has 2 rings (SSSR count). The van der Waals surface area contributed by atoms with Gasteiger partial charge in [-0.3, -0.25) is 4.99 Å². The Labute approximate surface area is 139 Å². The van der Waals surface area contributed by atoms with Crippen LogP contribution in [0.3, 0.4) is 0 Å². The van der Waals surface area contributed by atoms with Crippen LogP contribution < -0.4 is 10.2 Å². The van der Waals surface area contributed by atoms with Crippen molar-refractivity contribution in [2.75, 3.05) is 57.9 Å². The van der Waals surface area contributed by atoms with E-state index in [9.17, 15) is 0 Å². The van der Waals surface area contributed by atoms with Crippen molar-refractivity contribution in [2.45, 2.75) is 13.8 Å². The van der Waals surface area contributed by atoms with Crippen LogP contribution in [0.15, 0.2) is 29.4 Å². The molecule has 0 radical (unpaired) electrons. The molecular weight excluding hydrogens is 290 g/mol. The smallest absolute Gasteiger partial charge is 0.193 e. The number of anilines is 1. The maximum Gasteiger partial charge on any atom is 0.193 e. The number of hydrogen-bond acceptors (Lipinski definition) is 4. The highest BCUT2D eigenvalue weighted by Gasteiger charge is 2.20. The lowest BCUT2D eigenvalue weighted by Crippen LogP contribution is -2.53. The van der Waals surface area contributed by atoms with E-state index in [0.29, 0.717) is 12.5 Å². The molecule has 6 nitrogen and oxygen atoms in total. The van der Waals surface area contributed by atoms with Crippen molar-refractivity contribution in [3.8, 4) is 0 Å². The number of nitrogens with zero attached hydrogens (tertiary/aromatic N) is 4. The van der Waals surface area contributed by atoms with Gasteiger partial charge in [0.2, 0.25) is 0 Å². The number of piperazine rings is 1. The summed E-state index contributed by atoms with van der Waals surface area (Å²) in [4.78, 5) is 13.4. The van der Waals surface area contributed by atoms with Crippen LogP contribution in [0.2, 0.25) is 0 Å². The van der Waals surface area contributed by atoms with Crippen LogP contribution in [-0.4, -0.2) is 68.8 Å². The lowest BCUT2D eigenvalue weighted by Gasteiger charge is -2.37. The Balaban J connectivity index is 1.72. The van der Waals surface area contributed by atoms with E-state index < -0.39 is 0 Å². The summed E-state index contributed by atoms with van der Waals surface area (Å²) >= 11 is 0. The van der Waals surface area contributed by atoms with Crippen LogP contribution in [-0.2, 0) is 4.74 Å². The molecule has 2 heterocycles. The third-order valence-electron chi connectivity index (χ3n) is 3.74. The fraction of sp³-hybridized carbons (Fsp3) is 0.647. The van der Waals surface area contributed by atoms with E-state index >= 15 is 0 Å². The fourth-order valence-electron chi connectivity index (χ4n) is 2.57. The normalized spacial score (nSPS) is 16.1. The first-order valence-electron chi connectivity index (χ1n) is 8.40. The minimum absolute atomic E-state index is 0.578. The monoisotopic (exact) mass is 319 g/mol. The average Bonchev–Trinajstić information content (AvgIpc) is 2.59. The van der Waals surface area contributed by atoms with Gasteiger partial charge in [-0.1, -0.05) is 19.9 Å². The number of rotatable bonds is 6. The lowest BCUT2D eigenvalue weighted by atomic mass is 10.2. The first-order chi connectivity index (χ1) is 11.2. The van der Waals surface area contributed by atoms with E-state index in [2.05, 4.69) is 45.0 Å². The molecule has 1 fully saturated rings. The topological polar surface area (TPSA) is 53.0 Å². The average molecular weight is 319 g/mol. The number of ether oxygens (including phenoxy) is 1. The Bertz CT molecular complexity index is 469. The number of hydrogen-bond donors (Lipinski definition) is 1. The van der Waals surface area contributed by atoms with Crippen molar-refractivity contribution in [1.82, 2.24) is 15.2 Å². The molecule has 0 unspecified atom stereocenters. The summed E-state index contributed by atoms with van der Waals surface area (Å²) in [6, 6.07) is 6.05. The Hall–Kier alpha value is -1.82. The van der Waals surface area contributed by atoms with E-state index in [0.717, 1.165) is 51.1 Å². The van der Waals surface area contributed by atoms with Crippen molar-refractivity contribution in [3.63, 3.8) is 0 Å². The molecule has 0 spiro atoms. The Morgan fingerprint density at radius 2 is 2.09 bits per heavy atom. The van der Waals surface area contributed by atoms with Gasteiger partial charge >= 0.3 is 0 Å². The first kappa shape index (κ1) is 17.5. The molecule has 23 heavy (non-hydrogen) atoms. The second-order valence-corrected chi connectivity index (χ2v) is 6.10. The Morgan fingerprint density at radius 3 is 2.70 bits per heavy atom. The SMILES string of the molecule is CN=C(NCCOCC(C)C)N1CCN(c2ccccn2)CC1. The molecule has 6 heteroatoms. The van der Waals surface area contributed by atoms with E-state index in [1.807, 2.05) is 25.4 Å². The summed E-state index contributed by atoms with van der Waals surface area (Å²) in [5.74, 6) is 2.59. The van der Waals surface area contributed by atoms with Gasteiger partial charge in [0.25, 0.3) is 0 Å². The lowest BCUT2D eigenvalue weighted by molar-refractivity contribution is 0.114. The molecule has 0 aromatic carbocycles. The summed E-state index contributed by atoms with van der Waals surface area (Å²) in [7, 11) is 1.84. The third kappa shape index (κ3) is 5.71. The first-order valence-corrected chi connectivity index (χ1v) is 8.40. The Kier molecular flexibility index (Phi) is 7.13. The molecule has 0 atom stereocenters. The van der Waals surface area contributed by atoms with Gasteiger partial charge in [-0.05, 0) is 18.1 Å². The molecule has 0 aliphatic carbocycles. The fourth-order valence-corrected chi connectivity index (χ4v) is 2.57. The summed E-state index contributed by atoms with van der Waals surface area (Å²) in [5.41, 5.74) is 0. The summed E-state index contributed by atoms with van der Waals surface area (Å²) < 4.78 is 5.60. The summed E-state index contributed by atoms with van der Waals surface area (Å²) in [5, 5.41) is 3.38. The second kappa shape index (κ2) is 9.35. The molecule has 0 amide bonds. The van der Waals surface area contributed by atoms with Gasteiger partial charge in [-0.25, -0.2) is 4.98 Å². The molecule has 0 saturated carbocycles. The van der Waals surface area contributed by atoms with Crippen molar-refractivity contribution in [3.05, 3.63) is 24.4 Å². The number of guanidine groups is 1. The number of nitrogens with one attached hydrogen (secondary N) is 1. The van der Waals surface area contributed by atoms with Gasteiger partial charge in [0.1, 0.15) is 5.82 Å². The molecule has 1 N–H and O–H groups in total. The highest BCUT2D eigenvalue weighted by Crippen LogP contribution is 2.12. The minimum Gasteiger partial charge on any atom is -0.379 e. The zero-order valence-corrected chi connectivity index (χ0v) is 14.5. The van der Waals surface area contributed by atoms with Crippen LogP contribution in [0.1, 0.15) is 13.8 Å².